The second-order valence-electron chi connectivity index (χ2n) is 21.2. The number of nitrogens with one attached hydrogen (secondary N) is 4. The number of rotatable bonds is 20. The van der Waals surface area contributed by atoms with Crippen LogP contribution in [-0.2, 0) is 58.9 Å². The third-order valence-electron chi connectivity index (χ3n) is 15.8. The number of morpholine rings is 1. The van der Waals surface area contributed by atoms with E-state index in [1.807, 2.05) is 19.9 Å². The third-order valence-corrected chi connectivity index (χ3v) is 17.1. The normalized spacial score (nSPS) is 27.4. The maximum absolute atomic E-state index is 14.4. The highest BCUT2D eigenvalue weighted by atomic mass is 127. The number of methoxy groups -OCH3 is 2. The fourth-order valence-corrected chi connectivity index (χ4v) is 12.3. The van der Waals surface area contributed by atoms with E-state index >= 15 is 0 Å². The molecule has 6 aliphatic rings. The number of carbonyl (C=O) groups excluding carboxylic acids is 8. The minimum absolute atomic E-state index is 0.0193. The van der Waals surface area contributed by atoms with E-state index < -0.39 is 122 Å². The molecular formula is C55H71IN6O16. The highest BCUT2D eigenvalue weighted by Gasteiger charge is 2.49. The van der Waals surface area contributed by atoms with Gasteiger partial charge in [0.25, 0.3) is 0 Å². The van der Waals surface area contributed by atoms with Gasteiger partial charge in [-0.1, -0.05) is 40.8 Å². The first-order valence-electron chi connectivity index (χ1n) is 26.7. The number of ketones is 2. The van der Waals surface area contributed by atoms with Crippen LogP contribution in [0.3, 0.4) is 0 Å². The highest BCUT2D eigenvalue weighted by Crippen LogP contribution is 2.52. The Bertz CT molecular complexity index is 2700. The molecule has 424 valence electrons. The van der Waals surface area contributed by atoms with Gasteiger partial charge >= 0.3 is 0 Å². The van der Waals surface area contributed by atoms with E-state index in [4.69, 9.17) is 28.4 Å². The monoisotopic (exact) mass is 1200 g/mol. The summed E-state index contributed by atoms with van der Waals surface area (Å²) in [5, 5.41) is 35.7. The molecule has 12 atom stereocenters. The number of alkyl halides is 1. The standard InChI is InChI=1S/C55H71IN6O16/c1-8-9-10-18-55(5,56)34-25-39(64)62(53(34)72)21-17-38(63)58-27(2)49(69)59-28(3)52(71)61-20-16-31(26-61)60-50(70)30-23-33-42(48(68)44-43(46(33)66)45(65)32-12-11-13-36(73-6)41(32)47(44)67)37(24-30)77-40-15-14-35(29(4)76-40)78-51-54(74-7)75-22-19-57-51/h8,11-13,27-31,34-35,37,40,51,54,57,66,68H,1,9-10,14-26H2,2-7H3,(H,58,63)(H,59,69)(H,60,70)/t27-,28-,29-,30+,31?,34?,35-,37-,40-,51+,54-,55?/m0/s1. The van der Waals surface area contributed by atoms with E-state index in [1.165, 1.54) is 51.2 Å². The molecule has 23 heteroatoms. The third kappa shape index (κ3) is 12.3. The summed E-state index contributed by atoms with van der Waals surface area (Å²) in [6.07, 6.45) is 0.937. The molecule has 4 fully saturated rings. The Kier molecular flexibility index (Phi) is 18.7. The fraction of sp³-hybridized carbons (Fsp3) is 0.600. The molecular weight excluding hydrogens is 1130 g/mol. The minimum Gasteiger partial charge on any atom is -0.507 e. The number of hydrogen-bond donors (Lipinski definition) is 6. The first-order valence-corrected chi connectivity index (χ1v) is 27.8. The molecule has 4 saturated heterocycles. The van der Waals surface area contributed by atoms with Crippen LogP contribution in [0.15, 0.2) is 30.9 Å². The molecule has 3 unspecified atom stereocenters. The van der Waals surface area contributed by atoms with Crippen LogP contribution < -0.4 is 26.0 Å². The predicted molar refractivity (Wildman–Crippen MR) is 287 cm³/mol. The van der Waals surface area contributed by atoms with Gasteiger partial charge in [-0.15, -0.1) is 6.58 Å². The first kappa shape index (κ1) is 58.6. The number of phenols is 2. The highest BCUT2D eigenvalue weighted by molar-refractivity contribution is 14.1. The summed E-state index contributed by atoms with van der Waals surface area (Å²) in [4.78, 5) is 111. The molecule has 2 aromatic carbocycles. The number of amides is 6. The number of allylic oxidation sites excluding steroid dienone is 1. The van der Waals surface area contributed by atoms with Crippen molar-refractivity contribution in [3.63, 3.8) is 0 Å². The van der Waals surface area contributed by atoms with E-state index in [0.29, 0.717) is 32.4 Å². The Morgan fingerprint density at radius 2 is 1.74 bits per heavy atom. The van der Waals surface area contributed by atoms with Crippen LogP contribution in [0.5, 0.6) is 17.2 Å². The van der Waals surface area contributed by atoms with Crippen molar-refractivity contribution in [2.45, 2.75) is 151 Å². The zero-order valence-electron chi connectivity index (χ0n) is 44.9. The predicted octanol–water partition coefficient (Wildman–Crippen LogP) is 3.37. The Labute approximate surface area is 466 Å². The lowest BCUT2D eigenvalue weighted by Gasteiger charge is -2.41. The number of likely N-dealkylation sites (tertiary alicyclic amines) is 2. The Balaban J connectivity index is 0.894. The molecule has 2 aromatic rings. The Morgan fingerprint density at radius 1 is 0.987 bits per heavy atom. The van der Waals surface area contributed by atoms with Crippen LogP contribution in [0.4, 0.5) is 0 Å². The number of imide groups is 1. The zero-order valence-corrected chi connectivity index (χ0v) is 47.0. The van der Waals surface area contributed by atoms with E-state index in [0.717, 1.165) is 24.2 Å². The largest absolute Gasteiger partial charge is 0.507 e. The molecule has 2 aliphatic carbocycles. The van der Waals surface area contributed by atoms with Gasteiger partial charge < -0.3 is 59.5 Å². The lowest BCUT2D eigenvalue weighted by Crippen LogP contribution is -2.54. The fourth-order valence-electron chi connectivity index (χ4n) is 11.5. The van der Waals surface area contributed by atoms with Gasteiger partial charge in [0.05, 0.1) is 54.6 Å². The summed E-state index contributed by atoms with van der Waals surface area (Å²) in [7, 11) is 2.88. The molecule has 0 saturated carbocycles. The molecule has 8 rings (SSSR count). The van der Waals surface area contributed by atoms with Crippen LogP contribution in [-0.4, -0.2) is 167 Å². The second-order valence-corrected chi connectivity index (χ2v) is 23.6. The van der Waals surface area contributed by atoms with Crippen molar-refractivity contribution in [2.24, 2.45) is 11.8 Å². The number of unbranched alkanes of at least 4 members (excludes halogenated alkanes) is 1. The maximum atomic E-state index is 14.4. The number of carbonyl (C=O) groups is 8. The van der Waals surface area contributed by atoms with Crippen LogP contribution in [0.2, 0.25) is 0 Å². The topological polar surface area (TPSA) is 287 Å². The van der Waals surface area contributed by atoms with Gasteiger partial charge in [0.15, 0.2) is 24.6 Å². The summed E-state index contributed by atoms with van der Waals surface area (Å²) in [6, 6.07) is 1.91. The van der Waals surface area contributed by atoms with Crippen molar-refractivity contribution < 1.29 is 77.0 Å². The summed E-state index contributed by atoms with van der Waals surface area (Å²) in [5.41, 5.74) is -0.764. The van der Waals surface area contributed by atoms with Crippen molar-refractivity contribution in [3.05, 3.63) is 64.2 Å². The van der Waals surface area contributed by atoms with Gasteiger partial charge in [0.1, 0.15) is 29.3 Å². The summed E-state index contributed by atoms with van der Waals surface area (Å²) >= 11 is 2.23. The molecule has 0 aromatic heterocycles. The Hall–Kier alpha value is -5.57. The van der Waals surface area contributed by atoms with Gasteiger partial charge in [0.2, 0.25) is 41.2 Å². The van der Waals surface area contributed by atoms with Crippen LogP contribution in [0.1, 0.15) is 135 Å². The van der Waals surface area contributed by atoms with E-state index in [1.54, 1.807) is 0 Å². The summed E-state index contributed by atoms with van der Waals surface area (Å²) < 4.78 is 35.4. The average Bonchev–Trinajstić information content (AvgIpc) is 4.13. The summed E-state index contributed by atoms with van der Waals surface area (Å²) in [6.45, 7) is 11.7. The van der Waals surface area contributed by atoms with E-state index in [9.17, 15) is 48.6 Å². The maximum Gasteiger partial charge on any atom is 0.244 e. The number of benzene rings is 2. The van der Waals surface area contributed by atoms with Crippen molar-refractivity contribution in [1.29, 1.82) is 0 Å². The van der Waals surface area contributed by atoms with E-state index in [2.05, 4.69) is 50.4 Å². The molecule has 78 heavy (non-hydrogen) atoms. The molecule has 0 spiro atoms. The zero-order chi connectivity index (χ0) is 56.3. The van der Waals surface area contributed by atoms with Crippen LogP contribution >= 0.6 is 22.6 Å². The van der Waals surface area contributed by atoms with Gasteiger partial charge in [0, 0.05) is 84.6 Å². The average molecular weight is 1200 g/mol. The molecule has 0 bridgehead atoms. The van der Waals surface area contributed by atoms with Gasteiger partial charge in [-0.3, -0.25) is 48.6 Å². The molecule has 4 aliphatic heterocycles. The molecule has 22 nitrogen and oxygen atoms in total. The van der Waals surface area contributed by atoms with Gasteiger partial charge in [-0.05, 0) is 78.7 Å². The number of nitrogens with zero attached hydrogens (tertiary/aromatic N) is 2. The number of hydrogen-bond acceptors (Lipinski definition) is 17. The Morgan fingerprint density at radius 3 is 2.46 bits per heavy atom. The van der Waals surface area contributed by atoms with Crippen molar-refractivity contribution in [2.75, 3.05) is 47.0 Å². The van der Waals surface area contributed by atoms with Crippen molar-refractivity contribution >= 4 is 69.6 Å². The van der Waals surface area contributed by atoms with Crippen molar-refractivity contribution in [3.8, 4) is 17.2 Å². The minimum atomic E-state index is -1.12. The van der Waals surface area contributed by atoms with E-state index in [-0.39, 0.29) is 91.2 Å². The number of aromatic hydroxyl groups is 2. The second kappa shape index (κ2) is 24.8. The SMILES string of the molecule is C=CCCCC(C)(I)C1CC(=O)N(CCC(=O)N[C@@H](C)C(=O)N[C@@H](C)C(=O)N2CCC(NC(=O)[C@@H]3Cc4c(O)c5c(c(O)c4[C@@H](O[C@H]4CC[C@H](O[C@H]6NCCO[C@@H]6OC)[C@H](C)O4)C3)C(=O)c3c(OC)cccc3C5=O)C2)C1=O. The number of ether oxygens (including phenoxy) is 6. The quantitative estimate of drug-likeness (QED) is 0.0236. The molecule has 0 radical (unpaired) electrons. The first-order chi connectivity index (χ1) is 37.2. The molecule has 6 amide bonds. The smallest absolute Gasteiger partial charge is 0.244 e. The number of fused-ring (bicyclic) bond motifs is 3. The molecule has 6 N–H and O–H groups in total. The number of phenolic OH excluding ortho intramolecular Hbond substituents is 2. The molecule has 4 heterocycles. The number of halogens is 1. The van der Waals surface area contributed by atoms with Crippen molar-refractivity contribution in [1.82, 2.24) is 31.1 Å². The lowest BCUT2D eigenvalue weighted by atomic mass is 9.74. The van der Waals surface area contributed by atoms with Gasteiger partial charge in [-0.2, -0.15) is 0 Å². The van der Waals surface area contributed by atoms with Crippen LogP contribution in [0, 0.1) is 11.8 Å². The van der Waals surface area contributed by atoms with Gasteiger partial charge in [-0.25, -0.2) is 0 Å². The summed E-state index contributed by atoms with van der Waals surface area (Å²) in [5.74, 6) is -6.57. The van der Waals surface area contributed by atoms with Crippen LogP contribution in [0.25, 0.3) is 0 Å². The lowest BCUT2D eigenvalue weighted by molar-refractivity contribution is -0.280.